The van der Waals surface area contributed by atoms with Gasteiger partial charge in [0.05, 0.1) is 5.54 Å². The van der Waals surface area contributed by atoms with Gasteiger partial charge in [0.2, 0.25) is 5.90 Å². The van der Waals surface area contributed by atoms with E-state index in [0.29, 0.717) is 22.5 Å². The molecule has 2 aromatic rings. The molecule has 0 bridgehead atoms. The van der Waals surface area contributed by atoms with Gasteiger partial charge in [0.25, 0.3) is 0 Å². The van der Waals surface area contributed by atoms with Crippen molar-refractivity contribution in [1.82, 2.24) is 0 Å². The molecule has 0 atom stereocenters. The van der Waals surface area contributed by atoms with Gasteiger partial charge in [-0.1, -0.05) is 35.3 Å². The fraction of sp³-hybridized carbons (Fsp3) is 0.235. The molecule has 0 saturated heterocycles. The van der Waals surface area contributed by atoms with E-state index in [2.05, 4.69) is 18.8 Å². The van der Waals surface area contributed by atoms with E-state index in [1.165, 1.54) is 0 Å². The molecule has 0 spiro atoms. The maximum atomic E-state index is 6.07. The second-order valence-corrected chi connectivity index (χ2v) is 6.63. The Morgan fingerprint density at radius 3 is 2.24 bits per heavy atom. The SMILES string of the molecule is CC1(C)COC(c2cccc(-c3cc(Cl)cc(Cl)c3)c2)=N1. The molecule has 0 aliphatic carbocycles. The minimum Gasteiger partial charge on any atom is -0.475 e. The van der Waals surface area contributed by atoms with E-state index in [1.807, 2.05) is 36.4 Å². The summed E-state index contributed by atoms with van der Waals surface area (Å²) in [5.74, 6) is 0.690. The Balaban J connectivity index is 2.01. The number of halogens is 2. The Hall–Kier alpha value is -1.51. The number of nitrogens with zero attached hydrogens (tertiary/aromatic N) is 1. The first-order chi connectivity index (χ1) is 9.93. The van der Waals surface area contributed by atoms with Crippen LogP contribution in [0.2, 0.25) is 10.0 Å². The molecular formula is C17H15Cl2NO. The van der Waals surface area contributed by atoms with Gasteiger partial charge >= 0.3 is 0 Å². The Morgan fingerprint density at radius 2 is 1.62 bits per heavy atom. The van der Waals surface area contributed by atoms with Crippen LogP contribution in [0.4, 0.5) is 0 Å². The quantitative estimate of drug-likeness (QED) is 0.744. The van der Waals surface area contributed by atoms with Crippen molar-refractivity contribution >= 4 is 29.1 Å². The van der Waals surface area contributed by atoms with Gasteiger partial charge in [-0.3, -0.25) is 0 Å². The lowest BCUT2D eigenvalue weighted by molar-refractivity contribution is 0.279. The zero-order valence-corrected chi connectivity index (χ0v) is 13.4. The Kier molecular flexibility index (Phi) is 3.68. The minimum atomic E-state index is -0.162. The normalized spacial score (nSPS) is 16.5. The number of hydrogen-bond acceptors (Lipinski definition) is 2. The molecule has 0 fully saturated rings. The third-order valence-corrected chi connectivity index (χ3v) is 3.71. The lowest BCUT2D eigenvalue weighted by Crippen LogP contribution is -2.17. The van der Waals surface area contributed by atoms with Crippen LogP contribution in [0, 0.1) is 0 Å². The van der Waals surface area contributed by atoms with Crippen molar-refractivity contribution in [3.8, 4) is 11.1 Å². The Morgan fingerprint density at radius 1 is 0.952 bits per heavy atom. The fourth-order valence-electron chi connectivity index (χ4n) is 2.28. The molecule has 2 aromatic carbocycles. The van der Waals surface area contributed by atoms with Crippen LogP contribution in [0.3, 0.4) is 0 Å². The van der Waals surface area contributed by atoms with E-state index in [9.17, 15) is 0 Å². The highest BCUT2D eigenvalue weighted by Crippen LogP contribution is 2.29. The lowest BCUT2D eigenvalue weighted by atomic mass is 10.0. The van der Waals surface area contributed by atoms with Gasteiger partial charge in [0.1, 0.15) is 6.61 Å². The van der Waals surface area contributed by atoms with Crippen LogP contribution in [0.5, 0.6) is 0 Å². The number of benzene rings is 2. The highest BCUT2D eigenvalue weighted by Gasteiger charge is 2.27. The van der Waals surface area contributed by atoms with Crippen molar-refractivity contribution in [3.63, 3.8) is 0 Å². The second kappa shape index (κ2) is 5.36. The molecule has 1 heterocycles. The van der Waals surface area contributed by atoms with Crippen LogP contribution in [-0.4, -0.2) is 18.0 Å². The average molecular weight is 320 g/mol. The van der Waals surface area contributed by atoms with Crippen molar-refractivity contribution < 1.29 is 4.74 Å². The van der Waals surface area contributed by atoms with Crippen LogP contribution < -0.4 is 0 Å². The first-order valence-electron chi connectivity index (χ1n) is 6.72. The highest BCUT2D eigenvalue weighted by molar-refractivity contribution is 6.35. The molecule has 0 unspecified atom stereocenters. The van der Waals surface area contributed by atoms with E-state index < -0.39 is 0 Å². The molecule has 0 N–H and O–H groups in total. The fourth-order valence-corrected chi connectivity index (χ4v) is 2.81. The summed E-state index contributed by atoms with van der Waals surface area (Å²) in [5.41, 5.74) is 2.82. The van der Waals surface area contributed by atoms with Gasteiger partial charge in [0.15, 0.2) is 0 Å². The third kappa shape index (κ3) is 3.22. The van der Waals surface area contributed by atoms with Crippen molar-refractivity contribution in [3.05, 3.63) is 58.1 Å². The van der Waals surface area contributed by atoms with Crippen LogP contribution in [0.25, 0.3) is 11.1 Å². The van der Waals surface area contributed by atoms with Crippen molar-refractivity contribution in [2.45, 2.75) is 19.4 Å². The maximum Gasteiger partial charge on any atom is 0.216 e. The molecule has 1 aliphatic rings. The topological polar surface area (TPSA) is 21.6 Å². The molecule has 3 rings (SSSR count). The highest BCUT2D eigenvalue weighted by atomic mass is 35.5. The number of ether oxygens (including phenoxy) is 1. The molecular weight excluding hydrogens is 305 g/mol. The average Bonchev–Trinajstić information content (AvgIpc) is 2.78. The van der Waals surface area contributed by atoms with Gasteiger partial charge < -0.3 is 4.74 Å². The van der Waals surface area contributed by atoms with Gasteiger partial charge in [-0.25, -0.2) is 4.99 Å². The van der Waals surface area contributed by atoms with Crippen LogP contribution >= 0.6 is 23.2 Å². The molecule has 0 radical (unpaired) electrons. The Labute approximate surface area is 134 Å². The largest absolute Gasteiger partial charge is 0.475 e. The summed E-state index contributed by atoms with van der Waals surface area (Å²) in [5, 5.41) is 1.25. The van der Waals surface area contributed by atoms with E-state index >= 15 is 0 Å². The van der Waals surface area contributed by atoms with Gasteiger partial charge in [0, 0.05) is 15.6 Å². The van der Waals surface area contributed by atoms with E-state index in [4.69, 9.17) is 27.9 Å². The van der Waals surface area contributed by atoms with Gasteiger partial charge in [-0.15, -0.1) is 0 Å². The summed E-state index contributed by atoms with van der Waals surface area (Å²) in [6.07, 6.45) is 0. The van der Waals surface area contributed by atoms with Crippen molar-refractivity contribution in [2.75, 3.05) is 6.61 Å². The maximum absolute atomic E-state index is 6.07. The molecule has 2 nitrogen and oxygen atoms in total. The predicted molar refractivity (Wildman–Crippen MR) is 88.5 cm³/mol. The summed E-state index contributed by atoms with van der Waals surface area (Å²) in [6.45, 7) is 4.72. The number of rotatable bonds is 2. The second-order valence-electron chi connectivity index (χ2n) is 5.76. The Bertz CT molecular complexity index is 702. The molecule has 0 saturated carbocycles. The summed E-state index contributed by atoms with van der Waals surface area (Å²) in [4.78, 5) is 4.60. The first kappa shape index (κ1) is 14.4. The summed E-state index contributed by atoms with van der Waals surface area (Å²) in [7, 11) is 0. The zero-order valence-electron chi connectivity index (χ0n) is 11.9. The summed E-state index contributed by atoms with van der Waals surface area (Å²) >= 11 is 12.1. The van der Waals surface area contributed by atoms with Gasteiger partial charge in [-0.05, 0) is 55.3 Å². The van der Waals surface area contributed by atoms with Crippen LogP contribution in [0.15, 0.2) is 47.5 Å². The minimum absolute atomic E-state index is 0.162. The molecule has 0 aromatic heterocycles. The van der Waals surface area contributed by atoms with E-state index in [-0.39, 0.29) is 5.54 Å². The standard InChI is InChI=1S/C17H15Cl2NO/c1-17(2)10-21-16(20-17)12-5-3-4-11(6-12)13-7-14(18)9-15(19)8-13/h3-9H,10H2,1-2H3. The van der Waals surface area contributed by atoms with Gasteiger partial charge in [-0.2, -0.15) is 0 Å². The monoisotopic (exact) mass is 319 g/mol. The van der Waals surface area contributed by atoms with Crippen LogP contribution in [-0.2, 0) is 4.74 Å². The molecule has 0 amide bonds. The third-order valence-electron chi connectivity index (χ3n) is 3.27. The van der Waals surface area contributed by atoms with E-state index in [0.717, 1.165) is 16.7 Å². The zero-order chi connectivity index (χ0) is 15.0. The van der Waals surface area contributed by atoms with Crippen molar-refractivity contribution in [2.24, 2.45) is 4.99 Å². The summed E-state index contributed by atoms with van der Waals surface area (Å²) < 4.78 is 5.69. The molecule has 108 valence electrons. The number of aliphatic imine (C=N–C) groups is 1. The number of hydrogen-bond donors (Lipinski definition) is 0. The van der Waals surface area contributed by atoms with Crippen LogP contribution in [0.1, 0.15) is 19.4 Å². The van der Waals surface area contributed by atoms with Crippen molar-refractivity contribution in [1.29, 1.82) is 0 Å². The predicted octanol–water partition coefficient (Wildman–Crippen LogP) is 5.22. The molecule has 4 heteroatoms. The summed E-state index contributed by atoms with van der Waals surface area (Å²) in [6, 6.07) is 13.6. The molecule has 21 heavy (non-hydrogen) atoms. The molecule has 1 aliphatic heterocycles. The lowest BCUT2D eigenvalue weighted by Gasteiger charge is -2.07. The first-order valence-corrected chi connectivity index (χ1v) is 7.48. The smallest absolute Gasteiger partial charge is 0.216 e. The van der Waals surface area contributed by atoms with E-state index in [1.54, 1.807) is 6.07 Å².